The number of thiophene rings is 2. The van der Waals surface area contributed by atoms with Crippen molar-refractivity contribution in [1.29, 1.82) is 0 Å². The van der Waals surface area contributed by atoms with E-state index in [1.54, 1.807) is 35.0 Å². The summed E-state index contributed by atoms with van der Waals surface area (Å²) in [5.74, 6) is -2.44. The molecule has 0 aliphatic rings. The van der Waals surface area contributed by atoms with Crippen LogP contribution in [-0.2, 0) is 26.0 Å². The molecule has 0 saturated heterocycles. The standard InChI is InChI=1S/C19H17FN2O4S3/c20-14-6-2-1-5-13(14)11-21-18(23)19(24)22-12-16(15-7-3-9-27-15)29(25,26)17-8-4-10-28-17/h1-10,16H,11-12H2,(H,21,23)(H,22,24). The van der Waals surface area contributed by atoms with Crippen molar-refractivity contribution in [3.8, 4) is 0 Å². The Morgan fingerprint density at radius 3 is 2.28 bits per heavy atom. The first-order valence-corrected chi connectivity index (χ1v) is 11.8. The van der Waals surface area contributed by atoms with Gasteiger partial charge in [-0.05, 0) is 29.0 Å². The lowest BCUT2D eigenvalue weighted by atomic mass is 10.2. The van der Waals surface area contributed by atoms with Crippen molar-refractivity contribution < 1.29 is 22.4 Å². The maximum absolute atomic E-state index is 13.6. The zero-order valence-electron chi connectivity index (χ0n) is 15.0. The fourth-order valence-electron chi connectivity index (χ4n) is 2.57. The Bertz CT molecular complexity index is 1080. The third-order valence-corrected chi connectivity index (χ3v) is 8.71. The molecule has 1 atom stereocenters. The van der Waals surface area contributed by atoms with E-state index in [4.69, 9.17) is 0 Å². The first-order chi connectivity index (χ1) is 13.9. The number of halogens is 1. The second-order valence-electron chi connectivity index (χ2n) is 5.97. The van der Waals surface area contributed by atoms with Gasteiger partial charge in [0.1, 0.15) is 15.3 Å². The molecule has 0 saturated carbocycles. The molecule has 10 heteroatoms. The summed E-state index contributed by atoms with van der Waals surface area (Å²) in [5, 5.41) is 7.10. The summed E-state index contributed by atoms with van der Waals surface area (Å²) in [6.07, 6.45) is 0. The number of sulfone groups is 1. The van der Waals surface area contributed by atoms with E-state index in [2.05, 4.69) is 10.6 Å². The number of nitrogens with one attached hydrogen (secondary N) is 2. The van der Waals surface area contributed by atoms with Gasteiger partial charge in [-0.15, -0.1) is 22.7 Å². The third kappa shape index (κ3) is 5.08. The second kappa shape index (κ2) is 9.29. The van der Waals surface area contributed by atoms with Crippen LogP contribution in [0.5, 0.6) is 0 Å². The molecule has 1 unspecified atom stereocenters. The van der Waals surface area contributed by atoms with Gasteiger partial charge in [0.2, 0.25) is 0 Å². The lowest BCUT2D eigenvalue weighted by Crippen LogP contribution is -2.42. The van der Waals surface area contributed by atoms with Crippen LogP contribution in [0.15, 0.2) is 63.5 Å². The van der Waals surface area contributed by atoms with Gasteiger partial charge in [0.25, 0.3) is 0 Å². The van der Waals surface area contributed by atoms with Crippen molar-refractivity contribution in [2.45, 2.75) is 16.0 Å². The molecule has 2 heterocycles. The highest BCUT2D eigenvalue weighted by Crippen LogP contribution is 2.33. The molecule has 29 heavy (non-hydrogen) atoms. The van der Waals surface area contributed by atoms with Gasteiger partial charge in [-0.3, -0.25) is 9.59 Å². The first-order valence-electron chi connectivity index (χ1n) is 8.50. The van der Waals surface area contributed by atoms with Crippen molar-refractivity contribution in [3.63, 3.8) is 0 Å². The average Bonchev–Trinajstić information content (AvgIpc) is 3.41. The highest BCUT2D eigenvalue weighted by atomic mass is 32.2. The van der Waals surface area contributed by atoms with Crippen molar-refractivity contribution >= 4 is 44.3 Å². The first kappa shape index (κ1) is 21.2. The predicted octanol–water partition coefficient (Wildman–Crippen LogP) is 2.90. The van der Waals surface area contributed by atoms with E-state index in [-0.39, 0.29) is 22.9 Å². The summed E-state index contributed by atoms with van der Waals surface area (Å²) in [4.78, 5) is 24.7. The summed E-state index contributed by atoms with van der Waals surface area (Å²) in [5.41, 5.74) is 0.241. The molecule has 0 aliphatic heterocycles. The Kier molecular flexibility index (Phi) is 6.78. The molecule has 2 aromatic heterocycles. The van der Waals surface area contributed by atoms with Crippen LogP contribution < -0.4 is 10.6 Å². The Hall–Kier alpha value is -2.56. The van der Waals surface area contributed by atoms with Crippen LogP contribution in [0, 0.1) is 5.82 Å². The zero-order chi connectivity index (χ0) is 20.9. The predicted molar refractivity (Wildman–Crippen MR) is 110 cm³/mol. The van der Waals surface area contributed by atoms with Gasteiger partial charge in [0.05, 0.1) is 0 Å². The molecule has 0 aliphatic carbocycles. The van der Waals surface area contributed by atoms with Crippen LogP contribution in [0.25, 0.3) is 0 Å². The minimum absolute atomic E-state index is 0.152. The number of hydrogen-bond donors (Lipinski definition) is 2. The van der Waals surface area contributed by atoms with E-state index in [1.807, 2.05) is 0 Å². The molecule has 3 aromatic rings. The molecule has 2 N–H and O–H groups in total. The molecular weight excluding hydrogens is 435 g/mol. The van der Waals surface area contributed by atoms with Gasteiger partial charge in [0, 0.05) is 23.5 Å². The van der Waals surface area contributed by atoms with E-state index in [1.165, 1.54) is 35.6 Å². The Morgan fingerprint density at radius 1 is 0.931 bits per heavy atom. The average molecular weight is 453 g/mol. The van der Waals surface area contributed by atoms with Gasteiger partial charge in [-0.1, -0.05) is 30.3 Å². The van der Waals surface area contributed by atoms with Gasteiger partial charge < -0.3 is 10.6 Å². The third-order valence-electron chi connectivity index (χ3n) is 4.06. The molecule has 2 amide bonds. The topological polar surface area (TPSA) is 92.3 Å². The minimum atomic E-state index is -3.73. The molecule has 0 fully saturated rings. The minimum Gasteiger partial charge on any atom is -0.346 e. The van der Waals surface area contributed by atoms with Crippen LogP contribution in [0.3, 0.4) is 0 Å². The SMILES string of the molecule is O=C(NCc1ccccc1F)C(=O)NCC(c1cccs1)S(=O)(=O)c1cccs1. The lowest BCUT2D eigenvalue weighted by molar-refractivity contribution is -0.139. The normalized spacial score (nSPS) is 12.3. The van der Waals surface area contributed by atoms with Crippen LogP contribution in [-0.4, -0.2) is 26.8 Å². The fourth-order valence-corrected chi connectivity index (χ4v) is 6.56. The van der Waals surface area contributed by atoms with Crippen LogP contribution in [0.1, 0.15) is 15.7 Å². The van der Waals surface area contributed by atoms with Gasteiger partial charge in [0.15, 0.2) is 9.84 Å². The Labute approximate surface area is 175 Å². The van der Waals surface area contributed by atoms with Gasteiger partial charge in [-0.25, -0.2) is 12.8 Å². The van der Waals surface area contributed by atoms with Crippen molar-refractivity contribution in [2.75, 3.05) is 6.54 Å². The monoisotopic (exact) mass is 452 g/mol. The van der Waals surface area contributed by atoms with E-state index >= 15 is 0 Å². The zero-order valence-corrected chi connectivity index (χ0v) is 17.5. The summed E-state index contributed by atoms with van der Waals surface area (Å²) >= 11 is 2.35. The maximum atomic E-state index is 13.6. The number of carbonyl (C=O) groups is 2. The van der Waals surface area contributed by atoms with E-state index in [0.29, 0.717) is 4.88 Å². The molecule has 0 radical (unpaired) electrons. The molecule has 0 spiro atoms. The lowest BCUT2D eigenvalue weighted by Gasteiger charge is -2.16. The number of amides is 2. The van der Waals surface area contributed by atoms with Crippen molar-refractivity contribution in [3.05, 3.63) is 75.5 Å². The van der Waals surface area contributed by atoms with Crippen molar-refractivity contribution in [2.24, 2.45) is 0 Å². The summed E-state index contributed by atoms with van der Waals surface area (Å²) < 4.78 is 39.7. The Balaban J connectivity index is 1.66. The van der Waals surface area contributed by atoms with Crippen LogP contribution >= 0.6 is 22.7 Å². The largest absolute Gasteiger partial charge is 0.346 e. The highest BCUT2D eigenvalue weighted by molar-refractivity contribution is 7.93. The van der Waals surface area contributed by atoms with E-state index in [0.717, 1.165) is 11.3 Å². The van der Waals surface area contributed by atoms with Crippen LogP contribution in [0.4, 0.5) is 4.39 Å². The van der Waals surface area contributed by atoms with Gasteiger partial charge >= 0.3 is 11.8 Å². The smallest absolute Gasteiger partial charge is 0.309 e. The second-order valence-corrected chi connectivity index (χ2v) is 10.2. The molecular formula is C19H17FN2O4S3. The van der Waals surface area contributed by atoms with Crippen LogP contribution in [0.2, 0.25) is 0 Å². The maximum Gasteiger partial charge on any atom is 0.309 e. The van der Waals surface area contributed by atoms with Gasteiger partial charge in [-0.2, -0.15) is 0 Å². The summed E-state index contributed by atoms with van der Waals surface area (Å²) in [7, 11) is -3.73. The molecule has 152 valence electrons. The van der Waals surface area contributed by atoms with Crippen molar-refractivity contribution in [1.82, 2.24) is 10.6 Å². The number of benzene rings is 1. The number of carbonyl (C=O) groups excluding carboxylic acids is 2. The number of hydrogen-bond acceptors (Lipinski definition) is 6. The molecule has 1 aromatic carbocycles. The molecule has 6 nitrogen and oxygen atoms in total. The van der Waals surface area contributed by atoms with E-state index in [9.17, 15) is 22.4 Å². The molecule has 3 rings (SSSR count). The molecule has 0 bridgehead atoms. The highest BCUT2D eigenvalue weighted by Gasteiger charge is 2.31. The Morgan fingerprint density at radius 2 is 1.62 bits per heavy atom. The summed E-state index contributed by atoms with van der Waals surface area (Å²) in [6, 6.07) is 12.4. The van der Waals surface area contributed by atoms with E-state index < -0.39 is 32.7 Å². The number of rotatable bonds is 7. The summed E-state index contributed by atoms with van der Waals surface area (Å²) in [6.45, 7) is -0.409. The quantitative estimate of drug-likeness (QED) is 0.539. The fraction of sp³-hybridized carbons (Fsp3) is 0.158.